The summed E-state index contributed by atoms with van der Waals surface area (Å²) < 4.78 is 0. The fraction of sp³-hybridized carbons (Fsp3) is 0.444. The van der Waals surface area contributed by atoms with E-state index in [4.69, 9.17) is 0 Å². The predicted molar refractivity (Wildman–Crippen MR) is 84.1 cm³/mol. The molecule has 0 radical (unpaired) electrons. The molecule has 0 saturated heterocycles. The lowest BCUT2D eigenvalue weighted by Gasteiger charge is -2.33. The lowest BCUT2D eigenvalue weighted by atomic mass is 9.76. The van der Waals surface area contributed by atoms with E-state index >= 15 is 0 Å². The third kappa shape index (κ3) is 3.21. The molecule has 1 amide bonds. The number of amides is 1. The summed E-state index contributed by atoms with van der Waals surface area (Å²) in [6, 6.07) is 5.78. The number of carboxylic acids is 1. The SMILES string of the molecule is CC1=C(C)C[C@@H](C(=O)Nc2c(C)cccc2C)[C@H](C(=O)[O-])C1. The van der Waals surface area contributed by atoms with Crippen LogP contribution in [0.25, 0.3) is 0 Å². The van der Waals surface area contributed by atoms with Gasteiger partial charge in [0.15, 0.2) is 0 Å². The van der Waals surface area contributed by atoms with Crippen molar-refractivity contribution in [3.63, 3.8) is 0 Å². The Morgan fingerprint density at radius 1 is 1.00 bits per heavy atom. The van der Waals surface area contributed by atoms with Crippen molar-refractivity contribution in [1.29, 1.82) is 0 Å². The Morgan fingerprint density at radius 3 is 2.00 bits per heavy atom. The Kier molecular flexibility index (Phi) is 4.69. The van der Waals surface area contributed by atoms with Crippen molar-refractivity contribution in [3.8, 4) is 0 Å². The molecule has 4 heteroatoms. The molecule has 0 unspecified atom stereocenters. The van der Waals surface area contributed by atoms with Crippen LogP contribution in [0.15, 0.2) is 29.3 Å². The lowest BCUT2D eigenvalue weighted by molar-refractivity contribution is -0.313. The van der Waals surface area contributed by atoms with Crippen LogP contribution in [0.4, 0.5) is 5.69 Å². The topological polar surface area (TPSA) is 69.2 Å². The van der Waals surface area contributed by atoms with E-state index in [-0.39, 0.29) is 5.91 Å². The third-order valence-electron chi connectivity index (χ3n) is 4.64. The Labute approximate surface area is 131 Å². The van der Waals surface area contributed by atoms with Crippen molar-refractivity contribution < 1.29 is 14.7 Å². The lowest BCUT2D eigenvalue weighted by Crippen LogP contribution is -2.42. The molecule has 1 aromatic carbocycles. The van der Waals surface area contributed by atoms with Crippen LogP contribution in [0, 0.1) is 25.7 Å². The summed E-state index contributed by atoms with van der Waals surface area (Å²) in [6.07, 6.45) is 0.861. The van der Waals surface area contributed by atoms with Gasteiger partial charge in [-0.05, 0) is 51.7 Å². The summed E-state index contributed by atoms with van der Waals surface area (Å²) >= 11 is 0. The molecule has 0 saturated carbocycles. The van der Waals surface area contributed by atoms with Gasteiger partial charge in [-0.15, -0.1) is 0 Å². The van der Waals surface area contributed by atoms with Gasteiger partial charge in [0.2, 0.25) is 5.91 Å². The molecule has 1 N–H and O–H groups in total. The van der Waals surface area contributed by atoms with E-state index in [1.807, 2.05) is 45.9 Å². The number of hydrogen-bond acceptors (Lipinski definition) is 3. The number of rotatable bonds is 3. The number of aryl methyl sites for hydroxylation is 2. The first-order chi connectivity index (χ1) is 10.3. The van der Waals surface area contributed by atoms with Gasteiger partial charge in [-0.25, -0.2) is 0 Å². The first-order valence-electron chi connectivity index (χ1n) is 7.54. The standard InChI is InChI=1S/C18H23NO3/c1-10-6-5-7-11(2)16(10)19-17(20)14-8-12(3)13(4)9-15(14)18(21)22/h5-7,14-15H,8-9H2,1-4H3,(H,19,20)(H,21,22)/p-1/t14-,15-/m1/s1. The van der Waals surface area contributed by atoms with E-state index < -0.39 is 17.8 Å². The maximum absolute atomic E-state index is 12.6. The number of allylic oxidation sites excluding steroid dienone is 2. The van der Waals surface area contributed by atoms with Crippen LogP contribution in [-0.4, -0.2) is 11.9 Å². The molecule has 1 aliphatic rings. The van der Waals surface area contributed by atoms with Crippen molar-refractivity contribution in [3.05, 3.63) is 40.5 Å². The highest BCUT2D eigenvalue weighted by Gasteiger charge is 2.33. The van der Waals surface area contributed by atoms with Crippen molar-refractivity contribution in [2.24, 2.45) is 11.8 Å². The average molecular weight is 300 g/mol. The van der Waals surface area contributed by atoms with Crippen LogP contribution in [0.1, 0.15) is 37.8 Å². The molecule has 0 heterocycles. The summed E-state index contributed by atoms with van der Waals surface area (Å²) in [5, 5.41) is 14.3. The van der Waals surface area contributed by atoms with Gasteiger partial charge in [0.1, 0.15) is 0 Å². The van der Waals surface area contributed by atoms with Gasteiger partial charge in [-0.1, -0.05) is 29.3 Å². The normalized spacial score (nSPS) is 21.6. The van der Waals surface area contributed by atoms with Crippen LogP contribution >= 0.6 is 0 Å². The molecule has 22 heavy (non-hydrogen) atoms. The Morgan fingerprint density at radius 2 is 1.50 bits per heavy atom. The van der Waals surface area contributed by atoms with Crippen molar-refractivity contribution in [2.45, 2.75) is 40.5 Å². The van der Waals surface area contributed by atoms with Gasteiger partial charge in [-0.3, -0.25) is 4.79 Å². The molecule has 2 rings (SSSR count). The van der Waals surface area contributed by atoms with E-state index in [1.54, 1.807) is 0 Å². The van der Waals surface area contributed by atoms with E-state index in [9.17, 15) is 14.7 Å². The summed E-state index contributed by atoms with van der Waals surface area (Å²) in [4.78, 5) is 24.0. The number of aliphatic carboxylic acids is 1. The fourth-order valence-corrected chi connectivity index (χ4v) is 3.04. The molecule has 0 aromatic heterocycles. The molecule has 4 nitrogen and oxygen atoms in total. The van der Waals surface area contributed by atoms with Gasteiger partial charge in [0, 0.05) is 17.6 Å². The number of anilines is 1. The Balaban J connectivity index is 2.26. The molecule has 2 atom stereocenters. The number of benzene rings is 1. The largest absolute Gasteiger partial charge is 0.550 e. The quantitative estimate of drug-likeness (QED) is 0.871. The molecule has 0 aliphatic heterocycles. The van der Waals surface area contributed by atoms with Gasteiger partial charge >= 0.3 is 0 Å². The highest BCUT2D eigenvalue weighted by molar-refractivity contribution is 5.96. The smallest absolute Gasteiger partial charge is 0.228 e. The van der Waals surface area contributed by atoms with Crippen molar-refractivity contribution in [2.75, 3.05) is 5.32 Å². The average Bonchev–Trinajstić information content (AvgIpc) is 2.45. The summed E-state index contributed by atoms with van der Waals surface area (Å²) in [6.45, 7) is 7.73. The Hall–Kier alpha value is -2.10. The predicted octanol–water partition coefficient (Wildman–Crippen LogP) is 2.35. The minimum atomic E-state index is -1.14. The molecular formula is C18H22NO3-. The molecular weight excluding hydrogens is 278 g/mol. The molecule has 1 aliphatic carbocycles. The van der Waals surface area contributed by atoms with Gasteiger partial charge in [0.25, 0.3) is 0 Å². The second-order valence-electron chi connectivity index (χ2n) is 6.26. The first-order valence-corrected chi connectivity index (χ1v) is 7.54. The zero-order valence-electron chi connectivity index (χ0n) is 13.5. The van der Waals surface area contributed by atoms with E-state index in [2.05, 4.69) is 5.32 Å². The van der Waals surface area contributed by atoms with E-state index in [1.165, 1.54) is 0 Å². The highest BCUT2D eigenvalue weighted by atomic mass is 16.4. The number of para-hydroxylation sites is 1. The number of carbonyl (C=O) groups is 2. The maximum atomic E-state index is 12.6. The third-order valence-corrected chi connectivity index (χ3v) is 4.64. The van der Waals surface area contributed by atoms with Crippen molar-refractivity contribution in [1.82, 2.24) is 0 Å². The van der Waals surface area contributed by atoms with Crippen LogP contribution in [0.2, 0.25) is 0 Å². The van der Waals surface area contributed by atoms with E-state index in [0.717, 1.165) is 28.0 Å². The van der Waals surface area contributed by atoms with Gasteiger partial charge < -0.3 is 15.2 Å². The van der Waals surface area contributed by atoms with Crippen LogP contribution < -0.4 is 10.4 Å². The second-order valence-corrected chi connectivity index (χ2v) is 6.26. The monoisotopic (exact) mass is 300 g/mol. The van der Waals surface area contributed by atoms with Crippen LogP contribution in [0.5, 0.6) is 0 Å². The number of hydrogen-bond donors (Lipinski definition) is 1. The fourth-order valence-electron chi connectivity index (χ4n) is 3.04. The first kappa shape index (κ1) is 16.3. The molecule has 0 bridgehead atoms. The second kappa shape index (κ2) is 6.34. The molecule has 0 fully saturated rings. The molecule has 1 aromatic rings. The number of nitrogens with one attached hydrogen (secondary N) is 1. The van der Waals surface area contributed by atoms with E-state index in [0.29, 0.717) is 12.8 Å². The Bertz CT molecular complexity index is 625. The number of carbonyl (C=O) groups excluding carboxylic acids is 2. The zero-order valence-corrected chi connectivity index (χ0v) is 13.5. The van der Waals surface area contributed by atoms with Gasteiger partial charge in [0.05, 0.1) is 5.92 Å². The number of carboxylic acid groups (broad SMARTS) is 1. The van der Waals surface area contributed by atoms with Crippen molar-refractivity contribution >= 4 is 17.6 Å². The minimum Gasteiger partial charge on any atom is -0.550 e. The summed E-state index contributed by atoms with van der Waals surface area (Å²) in [5.41, 5.74) is 4.85. The minimum absolute atomic E-state index is 0.238. The van der Waals surface area contributed by atoms with Crippen LogP contribution in [0.3, 0.4) is 0 Å². The maximum Gasteiger partial charge on any atom is 0.228 e. The molecule has 0 spiro atoms. The highest BCUT2D eigenvalue weighted by Crippen LogP contribution is 2.35. The van der Waals surface area contributed by atoms with Gasteiger partial charge in [-0.2, -0.15) is 0 Å². The summed E-state index contributed by atoms with van der Waals surface area (Å²) in [7, 11) is 0. The zero-order chi connectivity index (χ0) is 16.4. The molecule has 118 valence electrons. The van der Waals surface area contributed by atoms with Crippen LogP contribution in [-0.2, 0) is 9.59 Å². The summed E-state index contributed by atoms with van der Waals surface area (Å²) in [5.74, 6) is -2.72.